The number of benzene rings is 1. The van der Waals surface area contributed by atoms with Crippen LogP contribution in [0.3, 0.4) is 0 Å². The lowest BCUT2D eigenvalue weighted by Gasteiger charge is -2.03. The van der Waals surface area contributed by atoms with Crippen molar-refractivity contribution in [1.29, 1.82) is 0 Å². The van der Waals surface area contributed by atoms with Crippen LogP contribution in [0.2, 0.25) is 0 Å². The number of fused-ring (bicyclic) bond motifs is 1. The fraction of sp³-hybridized carbons (Fsp3) is 0.214. The van der Waals surface area contributed by atoms with Crippen LogP contribution < -0.4 is 10.7 Å². The highest BCUT2D eigenvalue weighted by atomic mass is 16.2. The van der Waals surface area contributed by atoms with Crippen LogP contribution in [0, 0.1) is 0 Å². The van der Waals surface area contributed by atoms with E-state index < -0.39 is 0 Å². The molecule has 0 spiro atoms. The Morgan fingerprint density at radius 1 is 1.35 bits per heavy atom. The first-order valence-electron chi connectivity index (χ1n) is 6.42. The van der Waals surface area contributed by atoms with E-state index in [2.05, 4.69) is 20.8 Å². The molecule has 0 aliphatic carbocycles. The van der Waals surface area contributed by atoms with Gasteiger partial charge in [-0.15, -0.1) is 0 Å². The van der Waals surface area contributed by atoms with Gasteiger partial charge in [-0.3, -0.25) is 9.59 Å². The third-order valence-corrected chi connectivity index (χ3v) is 3.26. The number of carbonyl (C=O) groups is 2. The van der Waals surface area contributed by atoms with Crippen molar-refractivity contribution in [2.24, 2.45) is 5.10 Å². The van der Waals surface area contributed by atoms with Crippen molar-refractivity contribution in [3.63, 3.8) is 0 Å². The van der Waals surface area contributed by atoms with Crippen LogP contribution in [0.25, 0.3) is 10.9 Å². The second-order valence-electron chi connectivity index (χ2n) is 4.64. The number of nitrogens with zero attached hydrogens (tertiary/aromatic N) is 1. The fourth-order valence-corrected chi connectivity index (χ4v) is 2.24. The summed E-state index contributed by atoms with van der Waals surface area (Å²) in [7, 11) is 0. The number of aromatic amines is 1. The molecule has 20 heavy (non-hydrogen) atoms. The van der Waals surface area contributed by atoms with Crippen molar-refractivity contribution in [3.05, 3.63) is 36.0 Å². The molecular weight excluding hydrogens is 256 g/mol. The molecule has 0 fully saturated rings. The molecule has 0 saturated heterocycles. The fourth-order valence-electron chi connectivity index (χ4n) is 2.24. The molecule has 2 heterocycles. The summed E-state index contributed by atoms with van der Waals surface area (Å²) in [5.41, 5.74) is 4.75. The summed E-state index contributed by atoms with van der Waals surface area (Å²) in [5, 5.41) is 7.62. The van der Waals surface area contributed by atoms with E-state index in [-0.39, 0.29) is 23.9 Å². The van der Waals surface area contributed by atoms with Crippen LogP contribution in [0.4, 0.5) is 0 Å². The van der Waals surface area contributed by atoms with Gasteiger partial charge < -0.3 is 10.3 Å². The predicted molar refractivity (Wildman–Crippen MR) is 75.2 cm³/mol. The molecule has 0 atom stereocenters. The molecule has 1 aliphatic heterocycles. The highest BCUT2D eigenvalue weighted by molar-refractivity contribution is 6.43. The first-order chi connectivity index (χ1) is 9.74. The highest BCUT2D eigenvalue weighted by Crippen LogP contribution is 2.17. The highest BCUT2D eigenvalue weighted by Gasteiger charge is 2.20. The Hall–Kier alpha value is -2.63. The topological polar surface area (TPSA) is 86.3 Å². The lowest BCUT2D eigenvalue weighted by atomic mass is 10.1. The minimum Gasteiger partial charge on any atom is -0.361 e. The molecule has 3 rings (SSSR count). The van der Waals surface area contributed by atoms with E-state index in [0.717, 1.165) is 22.9 Å². The zero-order valence-corrected chi connectivity index (χ0v) is 10.8. The second kappa shape index (κ2) is 5.16. The summed E-state index contributed by atoms with van der Waals surface area (Å²) >= 11 is 0. The number of rotatable bonds is 4. The summed E-state index contributed by atoms with van der Waals surface area (Å²) in [6.07, 6.45) is 2.73. The van der Waals surface area contributed by atoms with Crippen molar-refractivity contribution in [2.45, 2.75) is 12.8 Å². The van der Waals surface area contributed by atoms with Gasteiger partial charge in [0, 0.05) is 23.6 Å². The lowest BCUT2D eigenvalue weighted by Crippen LogP contribution is -2.32. The van der Waals surface area contributed by atoms with Gasteiger partial charge in [0.25, 0.3) is 5.91 Å². The maximum absolute atomic E-state index is 11.7. The normalized spacial score (nSPS) is 14.2. The van der Waals surface area contributed by atoms with E-state index >= 15 is 0 Å². The standard InChI is InChI=1S/C14H14N4O2/c19-13-7-12(17-18-13)14(20)15-6-5-9-8-16-11-4-2-1-3-10(9)11/h1-4,8,16H,5-7H2,(H,15,20)(H,18,19). The Kier molecular flexibility index (Phi) is 3.20. The molecule has 6 heteroatoms. The maximum atomic E-state index is 11.7. The molecule has 6 nitrogen and oxygen atoms in total. The van der Waals surface area contributed by atoms with E-state index in [1.54, 1.807) is 0 Å². The molecule has 1 aliphatic rings. The molecule has 0 radical (unpaired) electrons. The summed E-state index contributed by atoms with van der Waals surface area (Å²) in [5.74, 6) is -0.532. The van der Waals surface area contributed by atoms with E-state index in [0.29, 0.717) is 6.54 Å². The van der Waals surface area contributed by atoms with Crippen LogP contribution in [-0.2, 0) is 16.0 Å². The maximum Gasteiger partial charge on any atom is 0.268 e. The number of hydrogen-bond donors (Lipinski definition) is 3. The van der Waals surface area contributed by atoms with E-state index in [1.165, 1.54) is 0 Å². The molecule has 0 bridgehead atoms. The number of aromatic nitrogens is 1. The second-order valence-corrected chi connectivity index (χ2v) is 4.64. The Labute approximate surface area is 115 Å². The number of hydrogen-bond acceptors (Lipinski definition) is 3. The zero-order valence-electron chi connectivity index (χ0n) is 10.8. The number of carbonyl (C=O) groups excluding carboxylic acids is 2. The average Bonchev–Trinajstić information content (AvgIpc) is 3.06. The van der Waals surface area contributed by atoms with Crippen molar-refractivity contribution in [1.82, 2.24) is 15.7 Å². The Bertz CT molecular complexity index is 702. The minimum atomic E-state index is -0.289. The van der Waals surface area contributed by atoms with Crippen LogP contribution in [0.5, 0.6) is 0 Å². The third-order valence-electron chi connectivity index (χ3n) is 3.26. The number of nitrogens with one attached hydrogen (secondary N) is 3. The van der Waals surface area contributed by atoms with Gasteiger partial charge in [0.05, 0.1) is 6.42 Å². The van der Waals surface area contributed by atoms with Crippen LogP contribution in [0.15, 0.2) is 35.6 Å². The third kappa shape index (κ3) is 2.40. The van der Waals surface area contributed by atoms with E-state index in [9.17, 15) is 9.59 Å². The molecule has 2 aromatic rings. The van der Waals surface area contributed by atoms with E-state index in [4.69, 9.17) is 0 Å². The smallest absolute Gasteiger partial charge is 0.268 e. The molecule has 0 saturated carbocycles. The largest absolute Gasteiger partial charge is 0.361 e. The van der Waals surface area contributed by atoms with Gasteiger partial charge in [0.2, 0.25) is 5.91 Å². The van der Waals surface area contributed by atoms with Gasteiger partial charge in [0.1, 0.15) is 5.71 Å². The Morgan fingerprint density at radius 2 is 2.20 bits per heavy atom. The van der Waals surface area contributed by atoms with Crippen LogP contribution in [0.1, 0.15) is 12.0 Å². The van der Waals surface area contributed by atoms with Crippen molar-refractivity contribution < 1.29 is 9.59 Å². The van der Waals surface area contributed by atoms with Crippen molar-refractivity contribution in [3.8, 4) is 0 Å². The molecule has 3 N–H and O–H groups in total. The van der Waals surface area contributed by atoms with Crippen LogP contribution >= 0.6 is 0 Å². The van der Waals surface area contributed by atoms with Gasteiger partial charge in [0.15, 0.2) is 0 Å². The van der Waals surface area contributed by atoms with Crippen LogP contribution in [-0.4, -0.2) is 29.1 Å². The van der Waals surface area contributed by atoms with Gasteiger partial charge in [-0.1, -0.05) is 18.2 Å². The number of amides is 2. The van der Waals surface area contributed by atoms with Gasteiger partial charge in [-0.2, -0.15) is 5.10 Å². The van der Waals surface area contributed by atoms with Crippen molar-refractivity contribution >= 4 is 28.4 Å². The molecule has 1 aromatic heterocycles. The quantitative estimate of drug-likeness (QED) is 0.764. The average molecular weight is 270 g/mol. The van der Waals surface area contributed by atoms with E-state index in [1.807, 2.05) is 30.5 Å². The summed E-state index contributed by atoms with van der Waals surface area (Å²) in [6, 6.07) is 8.03. The first-order valence-corrected chi connectivity index (χ1v) is 6.42. The minimum absolute atomic E-state index is 0.0545. The van der Waals surface area contributed by atoms with Gasteiger partial charge in [-0.05, 0) is 18.1 Å². The summed E-state index contributed by atoms with van der Waals surface area (Å²) in [6.45, 7) is 0.508. The van der Waals surface area contributed by atoms with Gasteiger partial charge in [-0.25, -0.2) is 5.43 Å². The molecule has 2 amide bonds. The number of hydrazone groups is 1. The lowest BCUT2D eigenvalue weighted by molar-refractivity contribution is -0.120. The monoisotopic (exact) mass is 270 g/mol. The number of H-pyrrole nitrogens is 1. The Morgan fingerprint density at radius 3 is 3.00 bits per heavy atom. The molecular formula is C14H14N4O2. The van der Waals surface area contributed by atoms with Crippen molar-refractivity contribution in [2.75, 3.05) is 6.54 Å². The Balaban J connectivity index is 1.58. The summed E-state index contributed by atoms with van der Waals surface area (Å²) in [4.78, 5) is 25.9. The summed E-state index contributed by atoms with van der Waals surface area (Å²) < 4.78 is 0. The number of para-hydroxylation sites is 1. The molecule has 102 valence electrons. The SMILES string of the molecule is O=C1CC(C(=O)NCCc2c[nH]c3ccccc23)=NN1. The molecule has 1 aromatic carbocycles. The van der Waals surface area contributed by atoms with Gasteiger partial charge >= 0.3 is 0 Å². The first kappa shape index (κ1) is 12.4. The predicted octanol–water partition coefficient (Wildman–Crippen LogP) is 0.702. The molecule has 0 unspecified atom stereocenters. The zero-order chi connectivity index (χ0) is 13.9.